The number of likely N-dealkylation sites (tertiary alicyclic amines) is 1. The predicted molar refractivity (Wildman–Crippen MR) is 99.5 cm³/mol. The molecule has 4 heteroatoms. The fraction of sp³-hybridized carbons (Fsp3) is 0.667. The normalized spacial score (nSPS) is 21.0. The van der Waals surface area contributed by atoms with E-state index in [1.54, 1.807) is 5.56 Å². The Morgan fingerprint density at radius 1 is 0.955 bits per heavy atom. The second kappa shape index (κ2) is 9.77. The molecule has 2 saturated heterocycles. The van der Waals surface area contributed by atoms with Crippen molar-refractivity contribution in [3.63, 3.8) is 0 Å². The van der Waals surface area contributed by atoms with E-state index in [-0.39, 0.29) is 24.8 Å². The second-order valence-electron chi connectivity index (χ2n) is 6.72. The number of halogens is 2. The molecule has 0 bridgehead atoms. The summed E-state index contributed by atoms with van der Waals surface area (Å²) in [6.45, 7) is 8.43. The van der Waals surface area contributed by atoms with Crippen LogP contribution in [0.1, 0.15) is 49.7 Å². The lowest BCUT2D eigenvalue weighted by molar-refractivity contribution is 0.185. The summed E-state index contributed by atoms with van der Waals surface area (Å²) in [5.41, 5.74) is 3.03. The Hall–Kier alpha value is -0.280. The largest absolute Gasteiger partial charge is 0.317 e. The summed E-state index contributed by atoms with van der Waals surface area (Å²) >= 11 is 0. The van der Waals surface area contributed by atoms with E-state index in [0.717, 1.165) is 18.4 Å². The number of rotatable bonds is 3. The first-order chi connectivity index (χ1) is 9.81. The number of benzene rings is 1. The van der Waals surface area contributed by atoms with Gasteiger partial charge < -0.3 is 5.32 Å². The number of nitrogens with one attached hydrogen (secondary N) is 1. The molecule has 2 aliphatic heterocycles. The quantitative estimate of drug-likeness (QED) is 0.882. The zero-order valence-electron chi connectivity index (χ0n) is 13.6. The molecular weight excluding hydrogens is 315 g/mol. The zero-order valence-corrected chi connectivity index (χ0v) is 15.2. The van der Waals surface area contributed by atoms with Crippen LogP contribution in [0.2, 0.25) is 0 Å². The molecule has 0 radical (unpaired) electrons. The monoisotopic (exact) mass is 344 g/mol. The van der Waals surface area contributed by atoms with Crippen LogP contribution < -0.4 is 5.32 Å². The average Bonchev–Trinajstić information content (AvgIpc) is 2.51. The van der Waals surface area contributed by atoms with E-state index in [1.807, 2.05) is 0 Å². The van der Waals surface area contributed by atoms with Gasteiger partial charge in [0.1, 0.15) is 0 Å². The van der Waals surface area contributed by atoms with E-state index in [4.69, 9.17) is 0 Å². The van der Waals surface area contributed by atoms with Gasteiger partial charge in [-0.3, -0.25) is 4.90 Å². The standard InChI is InChI=1S/C18H28N2.2ClH/c1-15-8-12-20(13-9-15)14-16-2-4-17(5-3-16)18-6-10-19-11-7-18;;/h2-5,15,18-19H,6-14H2,1H3;2*1H. The predicted octanol–water partition coefficient (Wildman–Crippen LogP) is 4.23. The number of hydrogen-bond donors (Lipinski definition) is 1. The molecule has 22 heavy (non-hydrogen) atoms. The Bertz CT molecular complexity index is 408. The summed E-state index contributed by atoms with van der Waals surface area (Å²) in [5.74, 6) is 1.70. The Labute approximate surface area is 147 Å². The van der Waals surface area contributed by atoms with Gasteiger partial charge in [-0.25, -0.2) is 0 Å². The highest BCUT2D eigenvalue weighted by molar-refractivity contribution is 5.85. The van der Waals surface area contributed by atoms with E-state index < -0.39 is 0 Å². The summed E-state index contributed by atoms with van der Waals surface area (Å²) in [4.78, 5) is 2.61. The highest BCUT2D eigenvalue weighted by Crippen LogP contribution is 2.26. The molecular formula is C18H30Cl2N2. The number of nitrogens with zero attached hydrogens (tertiary/aromatic N) is 1. The third-order valence-electron chi connectivity index (χ3n) is 5.07. The van der Waals surface area contributed by atoms with Crippen molar-refractivity contribution in [1.29, 1.82) is 0 Å². The van der Waals surface area contributed by atoms with E-state index in [2.05, 4.69) is 41.4 Å². The lowest BCUT2D eigenvalue weighted by Crippen LogP contribution is -2.32. The maximum absolute atomic E-state index is 3.45. The van der Waals surface area contributed by atoms with E-state index in [0.29, 0.717) is 0 Å². The Balaban J connectivity index is 0.00000121. The topological polar surface area (TPSA) is 15.3 Å². The fourth-order valence-electron chi connectivity index (χ4n) is 3.53. The minimum atomic E-state index is 0. The van der Waals surface area contributed by atoms with E-state index in [9.17, 15) is 0 Å². The molecule has 0 atom stereocenters. The number of hydrogen-bond acceptors (Lipinski definition) is 2. The first kappa shape index (κ1) is 19.8. The highest BCUT2D eigenvalue weighted by atomic mass is 35.5. The molecule has 3 rings (SSSR count). The lowest BCUT2D eigenvalue weighted by atomic mass is 9.90. The Morgan fingerprint density at radius 2 is 1.55 bits per heavy atom. The van der Waals surface area contributed by atoms with Crippen molar-refractivity contribution in [2.24, 2.45) is 5.92 Å². The van der Waals surface area contributed by atoms with E-state index >= 15 is 0 Å². The van der Waals surface area contributed by atoms with Crippen molar-refractivity contribution in [3.8, 4) is 0 Å². The average molecular weight is 345 g/mol. The smallest absolute Gasteiger partial charge is 0.0233 e. The van der Waals surface area contributed by atoms with Crippen LogP contribution in [0.5, 0.6) is 0 Å². The lowest BCUT2D eigenvalue weighted by Gasteiger charge is -2.30. The third-order valence-corrected chi connectivity index (χ3v) is 5.07. The minimum absolute atomic E-state index is 0. The molecule has 2 heterocycles. The van der Waals surface area contributed by atoms with Crippen LogP contribution in [0.4, 0.5) is 0 Å². The molecule has 0 unspecified atom stereocenters. The van der Waals surface area contributed by atoms with E-state index in [1.165, 1.54) is 57.4 Å². The van der Waals surface area contributed by atoms with Gasteiger partial charge in [-0.1, -0.05) is 31.2 Å². The molecule has 1 N–H and O–H groups in total. The van der Waals surface area contributed by atoms with Gasteiger partial charge in [0.2, 0.25) is 0 Å². The number of piperidine rings is 2. The van der Waals surface area contributed by atoms with Gasteiger partial charge in [0.25, 0.3) is 0 Å². The molecule has 126 valence electrons. The fourth-order valence-corrected chi connectivity index (χ4v) is 3.53. The summed E-state index contributed by atoms with van der Waals surface area (Å²) in [6, 6.07) is 9.46. The first-order valence-electron chi connectivity index (χ1n) is 8.33. The zero-order chi connectivity index (χ0) is 13.8. The van der Waals surface area contributed by atoms with Gasteiger partial charge in [0.15, 0.2) is 0 Å². The van der Waals surface area contributed by atoms with Crippen LogP contribution >= 0.6 is 24.8 Å². The molecule has 0 spiro atoms. The first-order valence-corrected chi connectivity index (χ1v) is 8.33. The van der Waals surface area contributed by atoms with Crippen molar-refractivity contribution in [3.05, 3.63) is 35.4 Å². The van der Waals surface area contributed by atoms with Crippen LogP contribution in [0.3, 0.4) is 0 Å². The molecule has 1 aromatic carbocycles. The summed E-state index contributed by atoms with van der Waals surface area (Å²) in [7, 11) is 0. The Kier molecular flexibility index (Phi) is 8.78. The van der Waals surface area contributed by atoms with Crippen molar-refractivity contribution in [2.45, 2.75) is 45.1 Å². The maximum Gasteiger partial charge on any atom is 0.0233 e. The van der Waals surface area contributed by atoms with Gasteiger partial charge in [0.05, 0.1) is 0 Å². The van der Waals surface area contributed by atoms with Crippen molar-refractivity contribution in [1.82, 2.24) is 10.2 Å². The maximum atomic E-state index is 3.45. The van der Waals surface area contributed by atoms with Crippen molar-refractivity contribution < 1.29 is 0 Å². The Morgan fingerprint density at radius 3 is 2.14 bits per heavy atom. The summed E-state index contributed by atoms with van der Waals surface area (Å²) in [6.07, 6.45) is 5.33. The van der Waals surface area contributed by atoms with Crippen LogP contribution in [0, 0.1) is 5.92 Å². The summed E-state index contributed by atoms with van der Waals surface area (Å²) in [5, 5.41) is 3.45. The molecule has 0 aliphatic carbocycles. The minimum Gasteiger partial charge on any atom is -0.317 e. The van der Waals surface area contributed by atoms with Gasteiger partial charge in [-0.2, -0.15) is 0 Å². The van der Waals surface area contributed by atoms with Gasteiger partial charge in [-0.05, 0) is 74.8 Å². The molecule has 0 saturated carbocycles. The van der Waals surface area contributed by atoms with Crippen molar-refractivity contribution >= 4 is 24.8 Å². The molecule has 2 aliphatic rings. The third kappa shape index (κ3) is 5.42. The van der Waals surface area contributed by atoms with Gasteiger partial charge in [-0.15, -0.1) is 24.8 Å². The molecule has 1 aromatic rings. The van der Waals surface area contributed by atoms with Crippen LogP contribution in [-0.4, -0.2) is 31.1 Å². The summed E-state index contributed by atoms with van der Waals surface area (Å²) < 4.78 is 0. The van der Waals surface area contributed by atoms with Gasteiger partial charge in [0, 0.05) is 6.54 Å². The molecule has 0 amide bonds. The molecule has 2 nitrogen and oxygen atoms in total. The van der Waals surface area contributed by atoms with Crippen LogP contribution in [0.25, 0.3) is 0 Å². The van der Waals surface area contributed by atoms with Crippen molar-refractivity contribution in [2.75, 3.05) is 26.2 Å². The highest BCUT2D eigenvalue weighted by Gasteiger charge is 2.17. The SMILES string of the molecule is CC1CCN(Cc2ccc(C3CCNCC3)cc2)CC1.Cl.Cl. The van der Waals surface area contributed by atoms with Crippen LogP contribution in [0.15, 0.2) is 24.3 Å². The second-order valence-corrected chi connectivity index (χ2v) is 6.72. The van der Waals surface area contributed by atoms with Crippen LogP contribution in [-0.2, 0) is 6.54 Å². The molecule has 2 fully saturated rings. The van der Waals surface area contributed by atoms with Gasteiger partial charge >= 0.3 is 0 Å². The molecule has 0 aromatic heterocycles.